The number of likely N-dealkylation sites (N-methyl/N-ethyl adjacent to an activating group) is 1. The summed E-state index contributed by atoms with van der Waals surface area (Å²) in [6.45, 7) is 19.4. The summed E-state index contributed by atoms with van der Waals surface area (Å²) in [6, 6.07) is -2.72. The van der Waals surface area contributed by atoms with Crippen LogP contribution < -0.4 is 21.3 Å². The number of aliphatic hydroxyl groups is 2. The van der Waals surface area contributed by atoms with Crippen molar-refractivity contribution in [3.63, 3.8) is 0 Å². The third-order valence-corrected chi connectivity index (χ3v) is 9.79. The molecule has 1 saturated heterocycles. The van der Waals surface area contributed by atoms with Gasteiger partial charge in [-0.1, -0.05) is 6.92 Å². The molecule has 352 valence electrons. The zero-order chi connectivity index (χ0) is 45.7. The van der Waals surface area contributed by atoms with Crippen LogP contribution in [0.25, 0.3) is 0 Å². The standard InChI is InChI=1S/C42H75N5O14/c1-25-24-55-36(32(49)31(25)47(11)39(53)61-42(8,9)10)58-35-27(45-29(48)17-14-20-44-37(51)59-40(2,3)4)22-28(46-38(52)60-41(5,6)7)34(33(35)50)57-30-18-13-16-26(56-30)23-43-19-15-21-54-12/h16,25,27-28,30-36,43,49-50H,13-15,17-24H2,1-12H3,(H,44,51)(H,45,48)(H,46,52)/t25-,27-,28+,30-,31+,32-,33+,34-,35+,36-/m1/s1. The Morgan fingerprint density at radius 3 is 2.10 bits per heavy atom. The van der Waals surface area contributed by atoms with Crippen LogP contribution in [-0.2, 0) is 42.7 Å². The third kappa shape index (κ3) is 18.0. The molecule has 10 atom stereocenters. The number of nitrogens with one attached hydrogen (secondary N) is 4. The van der Waals surface area contributed by atoms with Crippen molar-refractivity contribution in [1.82, 2.24) is 26.2 Å². The number of hydrogen-bond acceptors (Lipinski definition) is 15. The molecule has 0 aromatic heterocycles. The number of allylic oxidation sites excluding steroid dienone is 1. The molecule has 1 aliphatic carbocycles. The van der Waals surface area contributed by atoms with E-state index in [2.05, 4.69) is 21.3 Å². The van der Waals surface area contributed by atoms with Gasteiger partial charge in [0.1, 0.15) is 47.0 Å². The molecule has 19 nitrogen and oxygen atoms in total. The van der Waals surface area contributed by atoms with Gasteiger partial charge < -0.3 is 74.3 Å². The number of methoxy groups -OCH3 is 1. The minimum absolute atomic E-state index is 0.00946. The third-order valence-electron chi connectivity index (χ3n) is 9.79. The van der Waals surface area contributed by atoms with E-state index in [0.29, 0.717) is 38.3 Å². The van der Waals surface area contributed by atoms with Crippen LogP contribution in [0.15, 0.2) is 11.8 Å². The lowest BCUT2D eigenvalue weighted by Crippen LogP contribution is -2.68. The normalized spacial score (nSPS) is 28.4. The summed E-state index contributed by atoms with van der Waals surface area (Å²) in [5.41, 5.74) is -2.33. The van der Waals surface area contributed by atoms with Gasteiger partial charge in [-0.25, -0.2) is 14.4 Å². The minimum Gasteiger partial charge on any atom is -0.468 e. The Balaban J connectivity index is 1.90. The van der Waals surface area contributed by atoms with Crippen LogP contribution in [0.4, 0.5) is 14.4 Å². The first kappa shape index (κ1) is 51.9. The van der Waals surface area contributed by atoms with Crippen molar-refractivity contribution in [1.29, 1.82) is 0 Å². The van der Waals surface area contributed by atoms with Crippen molar-refractivity contribution in [2.45, 2.75) is 180 Å². The first-order valence-electron chi connectivity index (χ1n) is 21.4. The molecule has 0 unspecified atom stereocenters. The lowest BCUT2D eigenvalue weighted by atomic mass is 9.83. The molecule has 4 amide bonds. The molecular weight excluding hydrogens is 798 g/mol. The first-order chi connectivity index (χ1) is 28.4. The lowest BCUT2D eigenvalue weighted by Gasteiger charge is -2.48. The summed E-state index contributed by atoms with van der Waals surface area (Å²) in [4.78, 5) is 53.5. The number of aliphatic hydroxyl groups excluding tert-OH is 2. The predicted octanol–water partition coefficient (Wildman–Crippen LogP) is 3.44. The highest BCUT2D eigenvalue weighted by molar-refractivity contribution is 5.76. The summed E-state index contributed by atoms with van der Waals surface area (Å²) >= 11 is 0. The molecule has 1 saturated carbocycles. The highest BCUT2D eigenvalue weighted by Crippen LogP contribution is 2.33. The van der Waals surface area contributed by atoms with Crippen LogP contribution >= 0.6 is 0 Å². The highest BCUT2D eigenvalue weighted by Gasteiger charge is 2.51. The molecule has 61 heavy (non-hydrogen) atoms. The summed E-state index contributed by atoms with van der Waals surface area (Å²) in [5.74, 6) is -0.119. The number of carbonyl (C=O) groups excluding carboxylic acids is 4. The quantitative estimate of drug-likeness (QED) is 0.0908. The topological polar surface area (TPSA) is 234 Å². The van der Waals surface area contributed by atoms with Crippen molar-refractivity contribution in [2.75, 3.05) is 47.0 Å². The highest BCUT2D eigenvalue weighted by atomic mass is 16.7. The van der Waals surface area contributed by atoms with E-state index in [1.807, 2.05) is 13.0 Å². The van der Waals surface area contributed by atoms with Gasteiger partial charge in [-0.05, 0) is 101 Å². The average Bonchev–Trinajstić information content (AvgIpc) is 3.12. The Morgan fingerprint density at radius 1 is 0.836 bits per heavy atom. The van der Waals surface area contributed by atoms with Gasteiger partial charge in [0.2, 0.25) is 5.91 Å². The minimum atomic E-state index is -1.55. The van der Waals surface area contributed by atoms with Gasteiger partial charge in [0.15, 0.2) is 12.6 Å². The molecule has 2 aliphatic heterocycles. The lowest BCUT2D eigenvalue weighted by molar-refractivity contribution is -0.291. The Morgan fingerprint density at radius 2 is 1.46 bits per heavy atom. The Labute approximate surface area is 361 Å². The fourth-order valence-electron chi connectivity index (χ4n) is 7.21. The zero-order valence-corrected chi connectivity index (χ0v) is 38.4. The van der Waals surface area contributed by atoms with Crippen molar-refractivity contribution >= 4 is 24.2 Å². The molecule has 3 aliphatic rings. The maximum atomic E-state index is 13.5. The largest absolute Gasteiger partial charge is 0.468 e. The van der Waals surface area contributed by atoms with Crippen molar-refractivity contribution in [3.05, 3.63) is 11.8 Å². The second-order valence-corrected chi connectivity index (χ2v) is 19.0. The van der Waals surface area contributed by atoms with Crippen LogP contribution in [0, 0.1) is 5.92 Å². The van der Waals surface area contributed by atoms with E-state index in [1.165, 1.54) is 11.9 Å². The number of alkyl carbamates (subject to hydrolysis) is 2. The van der Waals surface area contributed by atoms with Gasteiger partial charge >= 0.3 is 18.3 Å². The maximum Gasteiger partial charge on any atom is 0.410 e. The SMILES string of the molecule is COCCCNCC1=CCC[C@@H](O[C@H]2[C@H](O)[C@@H](O[C@H]3OC[C@@H](C)[C@H](N(C)C(=O)OC(C)(C)C)[C@H]3O)[C@H](NC(=O)CCCNC(=O)OC(C)(C)C)C[C@@H]2NC(=O)OC(C)(C)C)O1. The van der Waals surface area contributed by atoms with E-state index in [1.54, 1.807) is 69.4 Å². The van der Waals surface area contributed by atoms with E-state index in [0.717, 1.165) is 6.42 Å². The Hall–Kier alpha value is -3.46. The number of carbonyl (C=O) groups is 4. The first-order valence-corrected chi connectivity index (χ1v) is 21.4. The van der Waals surface area contributed by atoms with Crippen LogP contribution in [0.1, 0.15) is 108 Å². The molecule has 0 radical (unpaired) electrons. The van der Waals surface area contributed by atoms with Crippen molar-refractivity contribution in [3.8, 4) is 0 Å². The van der Waals surface area contributed by atoms with Gasteiger partial charge in [-0.3, -0.25) is 4.79 Å². The van der Waals surface area contributed by atoms with E-state index in [9.17, 15) is 29.4 Å². The second-order valence-electron chi connectivity index (χ2n) is 19.0. The average molecular weight is 874 g/mol. The molecule has 0 aromatic carbocycles. The number of nitrogens with zero attached hydrogens (tertiary/aromatic N) is 1. The zero-order valence-electron chi connectivity index (χ0n) is 38.4. The number of hydrogen-bond donors (Lipinski definition) is 6. The summed E-state index contributed by atoms with van der Waals surface area (Å²) in [5, 5.41) is 35.8. The summed E-state index contributed by atoms with van der Waals surface area (Å²) < 4.78 is 46.7. The maximum absolute atomic E-state index is 13.5. The Bertz CT molecular complexity index is 1450. The van der Waals surface area contributed by atoms with Crippen LogP contribution in [-0.4, -0.2) is 158 Å². The molecule has 0 bridgehead atoms. The summed E-state index contributed by atoms with van der Waals surface area (Å²) in [7, 11) is 3.17. The van der Waals surface area contributed by atoms with Gasteiger partial charge in [0.25, 0.3) is 0 Å². The van der Waals surface area contributed by atoms with Gasteiger partial charge in [0, 0.05) is 46.1 Å². The van der Waals surface area contributed by atoms with Crippen molar-refractivity contribution in [2.24, 2.45) is 5.92 Å². The Kier molecular flexibility index (Phi) is 19.8. The van der Waals surface area contributed by atoms with E-state index in [4.69, 9.17) is 37.9 Å². The fourth-order valence-corrected chi connectivity index (χ4v) is 7.21. The molecule has 2 heterocycles. The molecule has 0 spiro atoms. The van der Waals surface area contributed by atoms with Gasteiger partial charge in [-0.2, -0.15) is 0 Å². The number of amides is 4. The molecule has 3 rings (SSSR count). The number of ether oxygens (including phenoxy) is 8. The molecule has 0 aromatic rings. The van der Waals surface area contributed by atoms with Gasteiger partial charge in [-0.15, -0.1) is 0 Å². The molecule has 6 N–H and O–H groups in total. The second kappa shape index (κ2) is 23.3. The van der Waals surface area contributed by atoms with E-state index < -0.39 is 96.1 Å². The molecule has 2 fully saturated rings. The van der Waals surface area contributed by atoms with E-state index >= 15 is 0 Å². The molecule has 19 heteroatoms. The smallest absolute Gasteiger partial charge is 0.410 e. The summed E-state index contributed by atoms with van der Waals surface area (Å²) in [6.07, 6.45) is -5.54. The van der Waals surface area contributed by atoms with Crippen LogP contribution in [0.5, 0.6) is 0 Å². The monoisotopic (exact) mass is 874 g/mol. The van der Waals surface area contributed by atoms with Gasteiger partial charge in [0.05, 0.1) is 31.3 Å². The predicted molar refractivity (Wildman–Crippen MR) is 223 cm³/mol. The van der Waals surface area contributed by atoms with Crippen molar-refractivity contribution < 1.29 is 67.3 Å². The molecular formula is C42H75N5O14. The van der Waals surface area contributed by atoms with Crippen LogP contribution in [0.2, 0.25) is 0 Å². The van der Waals surface area contributed by atoms with E-state index in [-0.39, 0.29) is 38.3 Å². The van der Waals surface area contributed by atoms with Crippen LogP contribution in [0.3, 0.4) is 0 Å². The number of rotatable bonds is 17. The fraction of sp³-hybridized carbons (Fsp3) is 0.857.